The summed E-state index contributed by atoms with van der Waals surface area (Å²) < 4.78 is 16.3. The molecule has 4 N–H and O–H groups in total. The van der Waals surface area contributed by atoms with Crippen molar-refractivity contribution in [3.8, 4) is 5.75 Å². The first-order valence-corrected chi connectivity index (χ1v) is 14.8. The average molecular weight is 631 g/mol. The molecule has 12 heteroatoms. The first-order chi connectivity index (χ1) is 22.2. The number of aryl methyl sites for hydroxylation is 1. The highest BCUT2D eigenvalue weighted by Crippen LogP contribution is 2.27. The molecule has 0 saturated heterocycles. The fraction of sp³-hybridized carbons (Fsp3) is 0.294. The summed E-state index contributed by atoms with van der Waals surface area (Å²) in [5, 5.41) is 17.5. The minimum atomic E-state index is -1.04. The number of carboxylic acid groups (broad SMARTS) is 1. The monoisotopic (exact) mass is 630 g/mol. The number of carbonyl (C=O) groups excluding carboxylic acids is 3. The summed E-state index contributed by atoms with van der Waals surface area (Å²) in [6.07, 6.45) is 1.75. The molecule has 12 nitrogen and oxygen atoms in total. The predicted molar refractivity (Wildman–Crippen MR) is 171 cm³/mol. The van der Waals surface area contributed by atoms with Crippen LogP contribution in [0.2, 0.25) is 0 Å². The number of urea groups is 1. The van der Waals surface area contributed by atoms with E-state index in [1.807, 2.05) is 55.5 Å². The maximum atomic E-state index is 13.3. The van der Waals surface area contributed by atoms with Crippen LogP contribution in [0.1, 0.15) is 23.1 Å². The number of hydrogen-bond donors (Lipinski definition) is 4. The second-order valence-corrected chi connectivity index (χ2v) is 10.7. The van der Waals surface area contributed by atoms with Crippen LogP contribution in [-0.4, -0.2) is 67.4 Å². The third-order valence-electron chi connectivity index (χ3n) is 7.32. The lowest BCUT2D eigenvalue weighted by Gasteiger charge is -2.27. The van der Waals surface area contributed by atoms with Gasteiger partial charge in [0.15, 0.2) is 0 Å². The Morgan fingerprint density at radius 1 is 0.957 bits per heavy atom. The van der Waals surface area contributed by atoms with Gasteiger partial charge in [0.2, 0.25) is 18.6 Å². The Bertz CT molecular complexity index is 1560. The van der Waals surface area contributed by atoms with E-state index in [2.05, 4.69) is 16.0 Å². The first-order valence-electron chi connectivity index (χ1n) is 14.8. The van der Waals surface area contributed by atoms with Crippen molar-refractivity contribution in [1.29, 1.82) is 0 Å². The summed E-state index contributed by atoms with van der Waals surface area (Å²) in [7, 11) is 1.46. The third kappa shape index (κ3) is 10.0. The molecule has 0 fully saturated rings. The van der Waals surface area contributed by atoms with Crippen LogP contribution < -0.4 is 20.7 Å². The summed E-state index contributed by atoms with van der Waals surface area (Å²) >= 11 is 0. The zero-order valence-corrected chi connectivity index (χ0v) is 25.8. The third-order valence-corrected chi connectivity index (χ3v) is 7.32. The van der Waals surface area contributed by atoms with Gasteiger partial charge in [-0.05, 0) is 48.2 Å². The lowest BCUT2D eigenvalue weighted by atomic mass is 9.96. The topological polar surface area (TPSA) is 156 Å². The Labute approximate surface area is 267 Å². The zero-order chi connectivity index (χ0) is 32.9. The quantitative estimate of drug-likeness (QED) is 0.194. The number of nitrogens with zero attached hydrogens (tertiary/aromatic N) is 1. The van der Waals surface area contributed by atoms with Crippen LogP contribution >= 0.6 is 0 Å². The molecule has 3 aromatic carbocycles. The van der Waals surface area contributed by atoms with E-state index in [0.717, 1.165) is 11.1 Å². The summed E-state index contributed by atoms with van der Waals surface area (Å²) in [5.74, 6) is -1.23. The molecule has 1 atom stereocenters. The lowest BCUT2D eigenvalue weighted by Crippen LogP contribution is -2.44. The highest BCUT2D eigenvalue weighted by Gasteiger charge is 2.26. The van der Waals surface area contributed by atoms with Gasteiger partial charge in [0.05, 0.1) is 32.2 Å². The normalized spacial score (nSPS) is 12.5. The largest absolute Gasteiger partial charge is 0.495 e. The van der Waals surface area contributed by atoms with E-state index in [0.29, 0.717) is 34.9 Å². The Kier molecular flexibility index (Phi) is 12.0. The number of aliphatic carboxylic acids is 1. The van der Waals surface area contributed by atoms with Gasteiger partial charge >= 0.3 is 12.0 Å². The molecule has 0 bridgehead atoms. The fourth-order valence-electron chi connectivity index (χ4n) is 4.91. The van der Waals surface area contributed by atoms with E-state index in [1.54, 1.807) is 24.3 Å². The molecule has 3 aromatic rings. The fourth-order valence-corrected chi connectivity index (χ4v) is 4.91. The molecule has 0 radical (unpaired) electrons. The molecule has 1 aliphatic heterocycles. The number of anilines is 2. The smallest absolute Gasteiger partial charge is 0.323 e. The maximum Gasteiger partial charge on any atom is 0.323 e. The molecular formula is C34H38N4O8. The van der Waals surface area contributed by atoms with Crippen molar-refractivity contribution < 1.29 is 38.5 Å². The molecule has 0 spiro atoms. The van der Waals surface area contributed by atoms with Crippen LogP contribution in [0.5, 0.6) is 5.75 Å². The molecule has 1 heterocycles. The number of ether oxygens (including phenoxy) is 3. The van der Waals surface area contributed by atoms with E-state index in [1.165, 1.54) is 18.3 Å². The lowest BCUT2D eigenvalue weighted by molar-refractivity contribution is -0.139. The number of methoxy groups -OCH3 is 1. The van der Waals surface area contributed by atoms with Crippen molar-refractivity contribution in [2.75, 3.05) is 44.2 Å². The number of rotatable bonds is 15. The summed E-state index contributed by atoms with van der Waals surface area (Å²) in [5.41, 5.74) is 3.62. The number of para-hydroxylation sites is 1. The Morgan fingerprint density at radius 3 is 2.39 bits per heavy atom. The number of carbonyl (C=O) groups is 4. The number of benzene rings is 3. The van der Waals surface area contributed by atoms with Crippen LogP contribution in [0, 0.1) is 12.8 Å². The first kappa shape index (κ1) is 33.4. The molecular weight excluding hydrogens is 592 g/mol. The minimum Gasteiger partial charge on any atom is -0.495 e. The molecule has 0 aliphatic carbocycles. The molecule has 0 aromatic heterocycles. The van der Waals surface area contributed by atoms with E-state index >= 15 is 0 Å². The second kappa shape index (κ2) is 16.5. The molecule has 1 unspecified atom stereocenters. The molecule has 4 amide bonds. The Hall–Kier alpha value is -5.52. The highest BCUT2D eigenvalue weighted by molar-refractivity contribution is 6.01. The van der Waals surface area contributed by atoms with Gasteiger partial charge in [-0.1, -0.05) is 54.6 Å². The van der Waals surface area contributed by atoms with Gasteiger partial charge in [-0.15, -0.1) is 0 Å². The van der Waals surface area contributed by atoms with Crippen molar-refractivity contribution in [3.05, 3.63) is 102 Å². The number of nitrogens with one attached hydrogen (secondary N) is 3. The van der Waals surface area contributed by atoms with Crippen LogP contribution in [0.25, 0.3) is 0 Å². The van der Waals surface area contributed by atoms with Crippen molar-refractivity contribution in [2.45, 2.75) is 26.2 Å². The van der Waals surface area contributed by atoms with Crippen LogP contribution in [0.3, 0.4) is 0 Å². The minimum absolute atomic E-state index is 0.0352. The molecule has 1 aliphatic rings. The summed E-state index contributed by atoms with van der Waals surface area (Å²) in [4.78, 5) is 51.5. The molecule has 0 saturated carbocycles. The van der Waals surface area contributed by atoms with Crippen LogP contribution in [0.4, 0.5) is 16.2 Å². The summed E-state index contributed by atoms with van der Waals surface area (Å²) in [6.45, 7) is 1.78. The Balaban J connectivity index is 1.35. The number of carboxylic acids is 1. The predicted octanol–water partition coefficient (Wildman–Crippen LogP) is 4.31. The van der Waals surface area contributed by atoms with Gasteiger partial charge in [-0.2, -0.15) is 0 Å². The van der Waals surface area contributed by atoms with Crippen molar-refractivity contribution >= 4 is 35.2 Å². The van der Waals surface area contributed by atoms with Crippen LogP contribution in [0.15, 0.2) is 84.8 Å². The van der Waals surface area contributed by atoms with Gasteiger partial charge in [-0.25, -0.2) is 4.79 Å². The standard InChI is InChI=1S/C34H38N4O8/c1-23-8-6-7-11-27(23)36-34(43)37-28-13-12-25(17-29(28)44-2)18-31(39)35-19-32(40)38(15-14-33(41)42)20-26(30-21-45-22-46-30)16-24-9-4-3-5-10-24/h3-13,17,21,26H,14-16,18-20,22H2,1-2H3,(H,35,39)(H,41,42)(H2,36,37,43). The highest BCUT2D eigenvalue weighted by atomic mass is 16.7. The van der Waals surface area contributed by atoms with E-state index in [-0.39, 0.29) is 45.2 Å². The number of hydrogen-bond acceptors (Lipinski definition) is 7. The van der Waals surface area contributed by atoms with Gasteiger partial charge in [-0.3, -0.25) is 14.4 Å². The van der Waals surface area contributed by atoms with Crippen LogP contribution in [-0.2, 0) is 36.7 Å². The average Bonchev–Trinajstić information content (AvgIpc) is 3.59. The van der Waals surface area contributed by atoms with Gasteiger partial charge in [0.25, 0.3) is 0 Å². The zero-order valence-electron chi connectivity index (χ0n) is 25.8. The molecule has 46 heavy (non-hydrogen) atoms. The van der Waals surface area contributed by atoms with E-state index in [9.17, 15) is 24.3 Å². The molecule has 4 rings (SSSR count). The van der Waals surface area contributed by atoms with Gasteiger partial charge < -0.3 is 40.2 Å². The van der Waals surface area contributed by atoms with E-state index < -0.39 is 23.8 Å². The SMILES string of the molecule is COc1cc(CC(=O)NCC(=O)N(CCC(=O)O)CC(Cc2ccccc2)C2=COCO2)ccc1NC(=O)Nc1ccccc1C. The van der Waals surface area contributed by atoms with Gasteiger partial charge in [0, 0.05) is 24.7 Å². The maximum absolute atomic E-state index is 13.3. The van der Waals surface area contributed by atoms with E-state index in [4.69, 9.17) is 14.2 Å². The summed E-state index contributed by atoms with van der Waals surface area (Å²) in [6, 6.07) is 21.6. The second-order valence-electron chi connectivity index (χ2n) is 10.7. The van der Waals surface area contributed by atoms with Crippen molar-refractivity contribution in [1.82, 2.24) is 10.2 Å². The Morgan fingerprint density at radius 2 is 1.70 bits per heavy atom. The van der Waals surface area contributed by atoms with Gasteiger partial charge in [0.1, 0.15) is 17.8 Å². The van der Waals surface area contributed by atoms with Crippen molar-refractivity contribution in [2.24, 2.45) is 5.92 Å². The number of amides is 4. The molecule has 242 valence electrons. The van der Waals surface area contributed by atoms with Crippen molar-refractivity contribution in [3.63, 3.8) is 0 Å².